The van der Waals surface area contributed by atoms with Crippen LogP contribution in [0.3, 0.4) is 0 Å². The van der Waals surface area contributed by atoms with Crippen molar-refractivity contribution in [1.82, 2.24) is 19.5 Å². The summed E-state index contributed by atoms with van der Waals surface area (Å²) in [5.74, 6) is -0.818. The molecular formula is C24H23FN6O5. The van der Waals surface area contributed by atoms with Gasteiger partial charge in [0.15, 0.2) is 29.3 Å². The Morgan fingerprint density at radius 1 is 1.19 bits per heavy atom. The Labute approximate surface area is 204 Å². The highest BCUT2D eigenvalue weighted by Crippen LogP contribution is 2.32. The molecular weight excluding hydrogens is 471 g/mol. The highest BCUT2D eigenvalue weighted by molar-refractivity contribution is 5.82. The molecule has 2 aromatic heterocycles. The van der Waals surface area contributed by atoms with Crippen molar-refractivity contribution in [2.24, 2.45) is 5.73 Å². The number of rotatable bonds is 8. The lowest BCUT2D eigenvalue weighted by Crippen LogP contribution is -2.43. The van der Waals surface area contributed by atoms with Gasteiger partial charge in [-0.2, -0.15) is 0 Å². The number of carboxylic acid groups (broad SMARTS) is 1. The number of nitrogens with zero attached hydrogens (tertiary/aromatic N) is 4. The molecule has 5 rings (SSSR count). The largest absolute Gasteiger partial charge is 0.489 e. The third-order valence-corrected chi connectivity index (χ3v) is 5.90. The molecule has 186 valence electrons. The summed E-state index contributed by atoms with van der Waals surface area (Å²) in [4.78, 5) is 24.1. The van der Waals surface area contributed by atoms with E-state index in [4.69, 9.17) is 15.2 Å². The lowest BCUT2D eigenvalue weighted by atomic mass is 10.1. The fourth-order valence-electron chi connectivity index (χ4n) is 4.05. The number of aromatic nitrogens is 4. The molecule has 4 aromatic rings. The molecule has 3 heterocycles. The zero-order valence-electron chi connectivity index (χ0n) is 18.9. The normalized spacial score (nSPS) is 21.5. The van der Waals surface area contributed by atoms with Crippen LogP contribution >= 0.6 is 0 Å². The highest BCUT2D eigenvalue weighted by Gasteiger charge is 2.46. The van der Waals surface area contributed by atoms with E-state index < -0.39 is 36.3 Å². The van der Waals surface area contributed by atoms with E-state index in [2.05, 4.69) is 20.3 Å². The van der Waals surface area contributed by atoms with Gasteiger partial charge in [0.2, 0.25) is 0 Å². The number of halogens is 1. The monoisotopic (exact) mass is 494 g/mol. The average Bonchev–Trinajstić information content (AvgIpc) is 3.44. The molecule has 2 aromatic carbocycles. The van der Waals surface area contributed by atoms with E-state index in [1.54, 1.807) is 6.07 Å². The molecule has 0 radical (unpaired) electrons. The fraction of sp³-hybridized carbons (Fsp3) is 0.250. The van der Waals surface area contributed by atoms with Crippen LogP contribution in [-0.2, 0) is 22.7 Å². The first kappa shape index (κ1) is 23.6. The van der Waals surface area contributed by atoms with E-state index >= 15 is 0 Å². The SMILES string of the molecule is NC1C(C(=O)O)OC(n2cnc3c(NCc4cc(F)ccc4OCc4ccccc4)ncnc32)C1O. The number of aliphatic hydroxyl groups excluding tert-OH is 1. The number of nitrogens with one attached hydrogen (secondary N) is 1. The summed E-state index contributed by atoms with van der Waals surface area (Å²) >= 11 is 0. The van der Waals surface area contributed by atoms with Gasteiger partial charge in [-0.3, -0.25) is 4.57 Å². The maximum Gasteiger partial charge on any atom is 0.334 e. The number of nitrogens with two attached hydrogens (primary N) is 1. The molecule has 0 aliphatic carbocycles. The minimum Gasteiger partial charge on any atom is -0.489 e. The van der Waals surface area contributed by atoms with Crippen LogP contribution in [0.2, 0.25) is 0 Å². The minimum atomic E-state index is -1.37. The smallest absolute Gasteiger partial charge is 0.334 e. The molecule has 0 saturated carbocycles. The molecule has 1 saturated heterocycles. The van der Waals surface area contributed by atoms with Crippen molar-refractivity contribution in [1.29, 1.82) is 0 Å². The van der Waals surface area contributed by atoms with Gasteiger partial charge in [-0.15, -0.1) is 0 Å². The maximum atomic E-state index is 14.0. The number of aliphatic carboxylic acids is 1. The first-order chi connectivity index (χ1) is 17.4. The summed E-state index contributed by atoms with van der Waals surface area (Å²) in [6.07, 6.45) is -1.09. The van der Waals surface area contributed by atoms with Crippen LogP contribution in [0.15, 0.2) is 61.2 Å². The second-order valence-corrected chi connectivity index (χ2v) is 8.28. The van der Waals surface area contributed by atoms with E-state index in [1.807, 2.05) is 30.3 Å². The number of ether oxygens (including phenoxy) is 2. The Balaban J connectivity index is 1.36. The van der Waals surface area contributed by atoms with Crippen LogP contribution in [0.4, 0.5) is 10.2 Å². The number of aliphatic hydroxyl groups is 1. The molecule has 11 nitrogen and oxygen atoms in total. The molecule has 1 aliphatic rings. The van der Waals surface area contributed by atoms with Crippen LogP contribution in [0.25, 0.3) is 11.2 Å². The maximum absolute atomic E-state index is 14.0. The number of hydrogen-bond acceptors (Lipinski definition) is 9. The van der Waals surface area contributed by atoms with Gasteiger partial charge in [0, 0.05) is 12.1 Å². The number of fused-ring (bicyclic) bond motifs is 1. The van der Waals surface area contributed by atoms with Crippen molar-refractivity contribution in [2.75, 3.05) is 5.32 Å². The molecule has 5 N–H and O–H groups in total. The summed E-state index contributed by atoms with van der Waals surface area (Å²) in [5, 5.41) is 22.9. The summed E-state index contributed by atoms with van der Waals surface area (Å²) in [6.45, 7) is 0.500. The number of benzene rings is 2. The van der Waals surface area contributed by atoms with Crippen LogP contribution in [0.5, 0.6) is 5.75 Å². The number of carboxylic acids is 1. The molecule has 4 atom stereocenters. The van der Waals surface area contributed by atoms with Gasteiger partial charge in [0.1, 0.15) is 30.6 Å². The van der Waals surface area contributed by atoms with Crippen LogP contribution in [-0.4, -0.2) is 54.0 Å². The van der Waals surface area contributed by atoms with Crippen molar-refractivity contribution < 1.29 is 28.9 Å². The Bertz CT molecular complexity index is 1380. The van der Waals surface area contributed by atoms with E-state index in [-0.39, 0.29) is 6.54 Å². The summed E-state index contributed by atoms with van der Waals surface area (Å²) < 4.78 is 26.8. The minimum absolute atomic E-state index is 0.176. The number of imidazole rings is 1. The quantitative estimate of drug-likeness (QED) is 0.285. The molecule has 36 heavy (non-hydrogen) atoms. The van der Waals surface area contributed by atoms with Gasteiger partial charge < -0.3 is 30.7 Å². The predicted molar refractivity (Wildman–Crippen MR) is 125 cm³/mol. The first-order valence-corrected chi connectivity index (χ1v) is 11.1. The summed E-state index contributed by atoms with van der Waals surface area (Å²) in [7, 11) is 0. The van der Waals surface area contributed by atoms with Crippen LogP contribution < -0.4 is 15.8 Å². The number of anilines is 1. The van der Waals surface area contributed by atoms with Gasteiger partial charge in [0.05, 0.1) is 12.4 Å². The highest BCUT2D eigenvalue weighted by atomic mass is 19.1. The van der Waals surface area contributed by atoms with Crippen LogP contribution in [0, 0.1) is 5.82 Å². The van der Waals surface area contributed by atoms with Crippen molar-refractivity contribution in [3.8, 4) is 5.75 Å². The molecule has 0 amide bonds. The van der Waals surface area contributed by atoms with Gasteiger partial charge in [-0.25, -0.2) is 24.1 Å². The van der Waals surface area contributed by atoms with Gasteiger partial charge in [-0.1, -0.05) is 30.3 Å². The zero-order valence-corrected chi connectivity index (χ0v) is 18.9. The van der Waals surface area contributed by atoms with E-state index in [0.29, 0.717) is 34.9 Å². The molecule has 0 bridgehead atoms. The Hall–Kier alpha value is -4.13. The lowest BCUT2D eigenvalue weighted by Gasteiger charge is -2.16. The van der Waals surface area contributed by atoms with E-state index in [0.717, 1.165) is 5.56 Å². The number of carbonyl (C=O) groups is 1. The van der Waals surface area contributed by atoms with Crippen molar-refractivity contribution in [3.63, 3.8) is 0 Å². The average molecular weight is 494 g/mol. The van der Waals surface area contributed by atoms with Gasteiger partial charge >= 0.3 is 5.97 Å². The Morgan fingerprint density at radius 3 is 2.75 bits per heavy atom. The topological polar surface area (TPSA) is 158 Å². The Kier molecular flexibility index (Phi) is 6.46. The lowest BCUT2D eigenvalue weighted by molar-refractivity contribution is -0.152. The standard InChI is InChI=1S/C24H23FN6O5/c25-15-6-7-16(35-10-13-4-2-1-3-5-13)14(8-15)9-27-21-18-22(29-11-28-21)31(12-30-18)23-19(32)17(26)20(36-23)24(33)34/h1-8,11-12,17,19-20,23,32H,9-10,26H2,(H,33,34)(H,27,28,29). The van der Waals surface area contributed by atoms with E-state index in [1.165, 1.54) is 29.4 Å². The van der Waals surface area contributed by atoms with Crippen molar-refractivity contribution in [2.45, 2.75) is 37.6 Å². The third kappa shape index (κ3) is 4.56. The van der Waals surface area contributed by atoms with Crippen molar-refractivity contribution in [3.05, 3.63) is 78.1 Å². The first-order valence-electron chi connectivity index (χ1n) is 11.1. The molecule has 1 aliphatic heterocycles. The van der Waals surface area contributed by atoms with Crippen molar-refractivity contribution >= 4 is 23.0 Å². The second-order valence-electron chi connectivity index (χ2n) is 8.28. The number of hydrogen-bond donors (Lipinski definition) is 4. The van der Waals surface area contributed by atoms with E-state index in [9.17, 15) is 19.4 Å². The molecule has 0 spiro atoms. The fourth-order valence-corrected chi connectivity index (χ4v) is 4.05. The zero-order chi connectivity index (χ0) is 25.2. The molecule has 12 heteroatoms. The third-order valence-electron chi connectivity index (χ3n) is 5.90. The predicted octanol–water partition coefficient (Wildman–Crippen LogP) is 1.83. The molecule has 4 unspecified atom stereocenters. The summed E-state index contributed by atoms with van der Waals surface area (Å²) in [6, 6.07) is 12.8. The van der Waals surface area contributed by atoms with Crippen LogP contribution in [0.1, 0.15) is 17.4 Å². The second kappa shape index (κ2) is 9.85. The van der Waals surface area contributed by atoms with Gasteiger partial charge in [-0.05, 0) is 23.8 Å². The summed E-state index contributed by atoms with van der Waals surface area (Å²) in [5.41, 5.74) is 8.02. The Morgan fingerprint density at radius 2 is 2.00 bits per heavy atom. The molecule has 1 fully saturated rings. The van der Waals surface area contributed by atoms with Gasteiger partial charge in [0.25, 0.3) is 0 Å².